The van der Waals surface area contributed by atoms with Crippen molar-refractivity contribution >= 4 is 28.5 Å². The molecule has 10 heteroatoms. The van der Waals surface area contributed by atoms with E-state index in [-0.39, 0.29) is 29.8 Å². The van der Waals surface area contributed by atoms with Crippen molar-refractivity contribution in [2.75, 3.05) is 17.2 Å². The Morgan fingerprint density at radius 2 is 2.07 bits per heavy atom. The summed E-state index contributed by atoms with van der Waals surface area (Å²) in [6, 6.07) is 2.25. The van der Waals surface area contributed by atoms with E-state index in [0.717, 1.165) is 6.42 Å². The van der Waals surface area contributed by atoms with E-state index in [9.17, 15) is 18.0 Å². The van der Waals surface area contributed by atoms with Crippen LogP contribution in [0.25, 0.3) is 11.0 Å². The van der Waals surface area contributed by atoms with Crippen molar-refractivity contribution in [3.8, 4) is 0 Å². The summed E-state index contributed by atoms with van der Waals surface area (Å²) in [5, 5.41) is 6.37. The van der Waals surface area contributed by atoms with Gasteiger partial charge in [0.25, 0.3) is 5.92 Å². The zero-order valence-electron chi connectivity index (χ0n) is 15.6. The zero-order valence-corrected chi connectivity index (χ0v) is 15.6. The number of H-pyrrole nitrogens is 1. The van der Waals surface area contributed by atoms with Crippen LogP contribution in [0.2, 0.25) is 0 Å². The van der Waals surface area contributed by atoms with Crippen molar-refractivity contribution in [3.63, 3.8) is 0 Å². The number of carbonyl (C=O) groups excluding carboxylic acids is 1. The lowest BCUT2D eigenvalue weighted by molar-refractivity contribution is -0.0794. The van der Waals surface area contributed by atoms with Gasteiger partial charge in [0, 0.05) is 31.6 Å². The number of halogens is 3. The molecule has 3 aromatic heterocycles. The first-order chi connectivity index (χ1) is 13.9. The van der Waals surface area contributed by atoms with E-state index in [0.29, 0.717) is 23.4 Å². The van der Waals surface area contributed by atoms with E-state index >= 15 is 0 Å². The Bertz CT molecular complexity index is 1060. The Kier molecular flexibility index (Phi) is 4.85. The summed E-state index contributed by atoms with van der Waals surface area (Å²) in [5.41, 5.74) is 0.458. The molecule has 0 aromatic carbocycles. The highest BCUT2D eigenvalue weighted by Crippen LogP contribution is 2.38. The van der Waals surface area contributed by atoms with Crippen molar-refractivity contribution in [2.45, 2.75) is 38.2 Å². The third-order valence-electron chi connectivity index (χ3n) is 4.79. The molecule has 3 N–H and O–H groups in total. The Morgan fingerprint density at radius 3 is 2.76 bits per heavy atom. The van der Waals surface area contributed by atoms with Gasteiger partial charge in [0.05, 0.1) is 16.5 Å². The number of nitrogens with one attached hydrogen (secondary N) is 3. The maximum absolute atomic E-state index is 14.5. The average Bonchev–Trinajstić information content (AvgIpc) is 3.09. The van der Waals surface area contributed by atoms with Gasteiger partial charge in [0.1, 0.15) is 23.6 Å². The van der Waals surface area contributed by atoms with Crippen LogP contribution >= 0.6 is 0 Å². The van der Waals surface area contributed by atoms with Gasteiger partial charge in [0.2, 0.25) is 5.95 Å². The minimum atomic E-state index is -2.69. The summed E-state index contributed by atoms with van der Waals surface area (Å²) in [5.74, 6) is -3.63. The lowest BCUT2D eigenvalue weighted by atomic mass is 9.88. The lowest BCUT2D eigenvalue weighted by Crippen LogP contribution is -2.44. The molecule has 0 aliphatic heterocycles. The Hall–Kier alpha value is -3.17. The SMILES string of the molecule is CCCNc1ncnc2[nH]cc(C(=O)c3ccc(NC4CC(F)(F)C4)nc3F)c12. The number of ketones is 1. The van der Waals surface area contributed by atoms with E-state index in [1.165, 1.54) is 24.7 Å². The molecule has 0 unspecified atom stereocenters. The van der Waals surface area contributed by atoms with Gasteiger partial charge in [-0.1, -0.05) is 6.92 Å². The van der Waals surface area contributed by atoms with E-state index in [1.807, 2.05) is 6.92 Å². The first-order valence-corrected chi connectivity index (χ1v) is 9.29. The Balaban J connectivity index is 1.60. The first-order valence-electron chi connectivity index (χ1n) is 9.29. The number of hydrogen-bond acceptors (Lipinski definition) is 6. The van der Waals surface area contributed by atoms with Crippen LogP contribution in [0.1, 0.15) is 42.1 Å². The first kappa shape index (κ1) is 19.2. The van der Waals surface area contributed by atoms with Crippen LogP contribution in [-0.4, -0.2) is 44.2 Å². The van der Waals surface area contributed by atoms with Crippen LogP contribution in [0.3, 0.4) is 0 Å². The number of anilines is 2. The van der Waals surface area contributed by atoms with Gasteiger partial charge in [0.15, 0.2) is 5.78 Å². The topological polar surface area (TPSA) is 95.6 Å². The molecule has 0 saturated heterocycles. The molecule has 1 saturated carbocycles. The molecule has 29 heavy (non-hydrogen) atoms. The zero-order chi connectivity index (χ0) is 20.6. The number of aromatic amines is 1. The second-order valence-corrected chi connectivity index (χ2v) is 7.04. The standard InChI is InChI=1S/C19H19F3N6O/c1-2-5-23-17-14-12(8-24-18(14)26-9-25-17)15(29)11-3-4-13(28-16(11)20)27-10-6-19(21,22)7-10/h3-4,8-10H,2,5-7H2,1H3,(H,27,28)(H2,23,24,25,26). The number of fused-ring (bicyclic) bond motifs is 1. The fraction of sp³-hybridized carbons (Fsp3) is 0.368. The molecular weight excluding hydrogens is 385 g/mol. The minimum Gasteiger partial charge on any atom is -0.369 e. The highest BCUT2D eigenvalue weighted by atomic mass is 19.3. The van der Waals surface area contributed by atoms with Crippen LogP contribution in [-0.2, 0) is 0 Å². The van der Waals surface area contributed by atoms with Crippen molar-refractivity contribution in [1.82, 2.24) is 19.9 Å². The van der Waals surface area contributed by atoms with Gasteiger partial charge < -0.3 is 15.6 Å². The summed E-state index contributed by atoms with van der Waals surface area (Å²) < 4.78 is 40.4. The van der Waals surface area contributed by atoms with Crippen LogP contribution in [0.15, 0.2) is 24.7 Å². The fourth-order valence-electron chi connectivity index (χ4n) is 3.32. The maximum atomic E-state index is 14.5. The molecule has 152 valence electrons. The third kappa shape index (κ3) is 3.74. The highest BCUT2D eigenvalue weighted by Gasteiger charge is 2.45. The minimum absolute atomic E-state index is 0.118. The summed E-state index contributed by atoms with van der Waals surface area (Å²) >= 11 is 0. The van der Waals surface area contributed by atoms with E-state index < -0.39 is 23.7 Å². The molecule has 0 amide bonds. The van der Waals surface area contributed by atoms with Crippen molar-refractivity contribution in [3.05, 3.63) is 41.7 Å². The maximum Gasteiger partial charge on any atom is 0.252 e. The number of carbonyl (C=O) groups is 1. The number of nitrogens with zero attached hydrogens (tertiary/aromatic N) is 3. The summed E-state index contributed by atoms with van der Waals surface area (Å²) in [7, 11) is 0. The second kappa shape index (κ2) is 7.34. The number of rotatable bonds is 7. The normalized spacial score (nSPS) is 15.9. The van der Waals surface area contributed by atoms with Gasteiger partial charge in [-0.15, -0.1) is 0 Å². The van der Waals surface area contributed by atoms with E-state index in [4.69, 9.17) is 0 Å². The highest BCUT2D eigenvalue weighted by molar-refractivity contribution is 6.18. The van der Waals surface area contributed by atoms with Crippen LogP contribution in [0.5, 0.6) is 0 Å². The molecule has 4 rings (SSSR count). The van der Waals surface area contributed by atoms with Crippen molar-refractivity contribution in [2.24, 2.45) is 0 Å². The summed E-state index contributed by atoms with van der Waals surface area (Å²) in [6.45, 7) is 2.65. The summed E-state index contributed by atoms with van der Waals surface area (Å²) in [6.07, 6.45) is 3.05. The molecule has 0 radical (unpaired) electrons. The Labute approximate surface area is 164 Å². The molecule has 0 spiro atoms. The van der Waals surface area contributed by atoms with Crippen LogP contribution in [0.4, 0.5) is 24.8 Å². The monoisotopic (exact) mass is 404 g/mol. The van der Waals surface area contributed by atoms with Crippen molar-refractivity contribution < 1.29 is 18.0 Å². The van der Waals surface area contributed by atoms with E-state index in [1.54, 1.807) is 0 Å². The molecule has 0 bridgehead atoms. The van der Waals surface area contributed by atoms with Crippen LogP contribution < -0.4 is 10.6 Å². The number of pyridine rings is 1. The number of hydrogen-bond donors (Lipinski definition) is 3. The average molecular weight is 404 g/mol. The summed E-state index contributed by atoms with van der Waals surface area (Å²) in [4.78, 5) is 27.9. The molecule has 1 aliphatic carbocycles. The van der Waals surface area contributed by atoms with Gasteiger partial charge in [-0.2, -0.15) is 4.39 Å². The van der Waals surface area contributed by atoms with E-state index in [2.05, 4.69) is 30.6 Å². The Morgan fingerprint density at radius 1 is 1.28 bits per heavy atom. The number of alkyl halides is 2. The largest absolute Gasteiger partial charge is 0.369 e. The number of aromatic nitrogens is 4. The molecule has 7 nitrogen and oxygen atoms in total. The molecule has 1 aliphatic rings. The molecule has 3 aromatic rings. The quantitative estimate of drug-likeness (QED) is 0.410. The lowest BCUT2D eigenvalue weighted by Gasteiger charge is -2.35. The van der Waals surface area contributed by atoms with Gasteiger partial charge in [-0.25, -0.2) is 23.7 Å². The van der Waals surface area contributed by atoms with Crippen molar-refractivity contribution in [1.29, 1.82) is 0 Å². The molecule has 3 heterocycles. The molecule has 1 fully saturated rings. The van der Waals surface area contributed by atoms with Gasteiger partial charge in [-0.3, -0.25) is 4.79 Å². The smallest absolute Gasteiger partial charge is 0.252 e. The van der Waals surface area contributed by atoms with Gasteiger partial charge >= 0.3 is 0 Å². The molecular formula is C19H19F3N6O. The predicted molar refractivity (Wildman–Crippen MR) is 102 cm³/mol. The van der Waals surface area contributed by atoms with Gasteiger partial charge in [-0.05, 0) is 18.6 Å². The van der Waals surface area contributed by atoms with Crippen LogP contribution in [0, 0.1) is 5.95 Å². The third-order valence-corrected chi connectivity index (χ3v) is 4.79. The predicted octanol–water partition coefficient (Wildman–Crippen LogP) is 3.75. The second-order valence-electron chi connectivity index (χ2n) is 7.04. The molecule has 0 atom stereocenters. The fourth-order valence-corrected chi connectivity index (χ4v) is 3.32.